The van der Waals surface area contributed by atoms with Crippen molar-refractivity contribution in [3.63, 3.8) is 0 Å². The molecule has 0 bridgehead atoms. The fraction of sp³-hybridized carbons (Fsp3) is 0.571. The molecular formula is C21H28O3. The van der Waals surface area contributed by atoms with Gasteiger partial charge in [-0.3, -0.25) is 4.79 Å². The summed E-state index contributed by atoms with van der Waals surface area (Å²) in [6.07, 6.45) is 12.3. The summed E-state index contributed by atoms with van der Waals surface area (Å²) in [7, 11) is 0. The Hall–Kier alpha value is -1.97. The van der Waals surface area contributed by atoms with E-state index >= 15 is 0 Å². The molecule has 1 saturated heterocycles. The molecule has 0 aromatic heterocycles. The maximum Gasteiger partial charge on any atom is 0.312 e. The zero-order valence-corrected chi connectivity index (χ0v) is 14.6. The van der Waals surface area contributed by atoms with Crippen molar-refractivity contribution in [1.29, 1.82) is 0 Å². The van der Waals surface area contributed by atoms with Gasteiger partial charge in [-0.2, -0.15) is 0 Å². The Kier molecular flexibility index (Phi) is 10.4. The minimum absolute atomic E-state index is 0.252. The van der Waals surface area contributed by atoms with Crippen LogP contribution in [-0.2, 0) is 9.53 Å². The second-order valence-electron chi connectivity index (χ2n) is 6.03. The lowest BCUT2D eigenvalue weighted by atomic mass is 9.95. The van der Waals surface area contributed by atoms with Crippen LogP contribution < -0.4 is 0 Å². The van der Waals surface area contributed by atoms with E-state index in [0.717, 1.165) is 44.9 Å². The highest BCUT2D eigenvalue weighted by atomic mass is 16.6. The Morgan fingerprint density at radius 1 is 1.21 bits per heavy atom. The lowest BCUT2D eigenvalue weighted by Gasteiger charge is -2.11. The molecule has 1 N–H and O–H groups in total. The molecule has 3 nitrogen and oxygen atoms in total. The molecule has 1 rings (SSSR count). The topological polar surface area (TPSA) is 46.5 Å². The van der Waals surface area contributed by atoms with Crippen molar-refractivity contribution >= 4 is 5.97 Å². The Morgan fingerprint density at radius 2 is 2.00 bits per heavy atom. The van der Waals surface area contributed by atoms with E-state index in [-0.39, 0.29) is 18.0 Å². The van der Waals surface area contributed by atoms with Gasteiger partial charge in [-0.15, -0.1) is 6.58 Å². The zero-order chi connectivity index (χ0) is 17.6. The fourth-order valence-corrected chi connectivity index (χ4v) is 2.57. The number of hydrogen-bond donors (Lipinski definition) is 1. The number of allylic oxidation sites excluding steroid dienone is 3. The monoisotopic (exact) mass is 328 g/mol. The molecule has 1 aliphatic heterocycles. The summed E-state index contributed by atoms with van der Waals surface area (Å²) in [5.74, 6) is 11.0. The zero-order valence-electron chi connectivity index (χ0n) is 14.6. The van der Waals surface area contributed by atoms with E-state index in [0.29, 0.717) is 6.42 Å². The van der Waals surface area contributed by atoms with Gasteiger partial charge in [0.2, 0.25) is 0 Å². The van der Waals surface area contributed by atoms with Crippen molar-refractivity contribution in [3.05, 3.63) is 24.8 Å². The molecule has 3 atom stereocenters. The molecule has 3 heteroatoms. The van der Waals surface area contributed by atoms with Crippen LogP contribution in [0.1, 0.15) is 58.3 Å². The van der Waals surface area contributed by atoms with Crippen molar-refractivity contribution in [2.24, 2.45) is 5.92 Å². The maximum absolute atomic E-state index is 11.5. The van der Waals surface area contributed by atoms with Crippen molar-refractivity contribution in [2.75, 3.05) is 0 Å². The highest BCUT2D eigenvalue weighted by Crippen LogP contribution is 2.26. The number of aliphatic hydroxyl groups is 1. The van der Waals surface area contributed by atoms with Gasteiger partial charge in [0.1, 0.15) is 12.2 Å². The van der Waals surface area contributed by atoms with Crippen LogP contribution in [0.4, 0.5) is 0 Å². The van der Waals surface area contributed by atoms with Gasteiger partial charge in [-0.1, -0.05) is 43.3 Å². The molecule has 0 aliphatic carbocycles. The Bertz CT molecular complexity index is 539. The standard InChI is InChI=1S/C21H28O3/c1-3-4-5-6-7-8-9-10-11-12-13-14-15-16-17-19-20(22)18(2)24-21(19)23/h3,6-7,18-20,22H,1,4-5,12-17H2,2H3/b7-6+/t18-,19+,20-/m0/s1. The molecule has 0 unspecified atom stereocenters. The molecule has 24 heavy (non-hydrogen) atoms. The van der Waals surface area contributed by atoms with E-state index in [1.54, 1.807) is 6.92 Å². The molecule has 0 aromatic rings. The van der Waals surface area contributed by atoms with Crippen LogP contribution in [-0.4, -0.2) is 23.3 Å². The first-order valence-electron chi connectivity index (χ1n) is 8.79. The minimum atomic E-state index is -0.646. The molecule has 1 fully saturated rings. The van der Waals surface area contributed by atoms with Gasteiger partial charge >= 0.3 is 5.97 Å². The van der Waals surface area contributed by atoms with Gasteiger partial charge in [0.25, 0.3) is 0 Å². The first-order chi connectivity index (χ1) is 11.7. The lowest BCUT2D eigenvalue weighted by molar-refractivity contribution is -0.143. The van der Waals surface area contributed by atoms with Crippen molar-refractivity contribution in [1.82, 2.24) is 0 Å². The van der Waals surface area contributed by atoms with Crippen molar-refractivity contribution in [2.45, 2.75) is 70.5 Å². The van der Waals surface area contributed by atoms with Gasteiger partial charge in [-0.25, -0.2) is 0 Å². The summed E-state index contributed by atoms with van der Waals surface area (Å²) in [6.45, 7) is 5.40. The number of carbonyl (C=O) groups is 1. The summed E-state index contributed by atoms with van der Waals surface area (Å²) in [5.41, 5.74) is 0. The van der Waals surface area contributed by atoms with Crippen LogP contribution in [0.5, 0.6) is 0 Å². The second kappa shape index (κ2) is 12.5. The van der Waals surface area contributed by atoms with Gasteiger partial charge in [0.05, 0.1) is 5.92 Å². The molecular weight excluding hydrogens is 300 g/mol. The fourth-order valence-electron chi connectivity index (χ4n) is 2.57. The smallest absolute Gasteiger partial charge is 0.312 e. The molecule has 0 saturated carbocycles. The number of carbonyl (C=O) groups excluding carboxylic acids is 1. The predicted molar refractivity (Wildman–Crippen MR) is 96.9 cm³/mol. The average Bonchev–Trinajstić information content (AvgIpc) is 2.81. The summed E-state index contributed by atoms with van der Waals surface area (Å²) in [5, 5.41) is 9.85. The molecule has 0 amide bonds. The van der Waals surface area contributed by atoms with E-state index in [9.17, 15) is 9.90 Å². The largest absolute Gasteiger partial charge is 0.460 e. The average molecular weight is 328 g/mol. The SMILES string of the molecule is C=CCC/C=C/C#CC#CCCCCCC[C@H]1C(=O)O[C@@H](C)[C@@H]1O. The first-order valence-corrected chi connectivity index (χ1v) is 8.79. The highest BCUT2D eigenvalue weighted by Gasteiger charge is 2.40. The van der Waals surface area contributed by atoms with Gasteiger partial charge in [0, 0.05) is 6.42 Å². The number of esters is 1. The second-order valence-corrected chi connectivity index (χ2v) is 6.03. The molecule has 130 valence electrons. The van der Waals surface area contributed by atoms with Crippen LogP contribution in [0.15, 0.2) is 24.8 Å². The summed E-state index contributed by atoms with van der Waals surface area (Å²) in [6, 6.07) is 0. The normalized spacial score (nSPS) is 22.4. The highest BCUT2D eigenvalue weighted by molar-refractivity contribution is 5.75. The van der Waals surface area contributed by atoms with E-state index in [2.05, 4.69) is 30.3 Å². The number of rotatable bonds is 9. The molecule has 1 aliphatic rings. The third-order valence-corrected chi connectivity index (χ3v) is 4.03. The Labute approximate surface area is 146 Å². The van der Waals surface area contributed by atoms with Crippen LogP contribution in [0.2, 0.25) is 0 Å². The van der Waals surface area contributed by atoms with Crippen LogP contribution in [0, 0.1) is 29.6 Å². The van der Waals surface area contributed by atoms with Crippen LogP contribution in [0.25, 0.3) is 0 Å². The van der Waals surface area contributed by atoms with Gasteiger partial charge < -0.3 is 9.84 Å². The molecule has 0 spiro atoms. The maximum atomic E-state index is 11.5. The third-order valence-electron chi connectivity index (χ3n) is 4.03. The number of hydrogen-bond acceptors (Lipinski definition) is 3. The van der Waals surface area contributed by atoms with E-state index in [4.69, 9.17) is 4.74 Å². The first kappa shape index (κ1) is 20.1. The van der Waals surface area contributed by atoms with Crippen LogP contribution in [0.3, 0.4) is 0 Å². The number of aliphatic hydroxyl groups excluding tert-OH is 1. The van der Waals surface area contributed by atoms with Gasteiger partial charge in [0.15, 0.2) is 0 Å². The Morgan fingerprint density at radius 3 is 2.71 bits per heavy atom. The van der Waals surface area contributed by atoms with E-state index in [1.165, 1.54) is 0 Å². The van der Waals surface area contributed by atoms with Crippen molar-refractivity contribution in [3.8, 4) is 23.7 Å². The third kappa shape index (κ3) is 8.04. The predicted octanol–water partition coefficient (Wildman–Crippen LogP) is 3.78. The minimum Gasteiger partial charge on any atom is -0.460 e. The number of ether oxygens (including phenoxy) is 1. The summed E-state index contributed by atoms with van der Waals surface area (Å²) in [4.78, 5) is 11.5. The molecule has 0 radical (unpaired) electrons. The quantitative estimate of drug-likeness (QED) is 0.303. The molecule has 0 aromatic carbocycles. The number of unbranched alkanes of at least 4 members (excludes halogenated alkanes) is 5. The summed E-state index contributed by atoms with van der Waals surface area (Å²) < 4.78 is 5.03. The molecule has 1 heterocycles. The lowest BCUT2D eigenvalue weighted by Crippen LogP contribution is -2.24. The van der Waals surface area contributed by atoms with Gasteiger partial charge in [-0.05, 0) is 50.5 Å². The Balaban J connectivity index is 2.02. The summed E-state index contributed by atoms with van der Waals surface area (Å²) >= 11 is 0. The number of cyclic esters (lactones) is 1. The van der Waals surface area contributed by atoms with Crippen LogP contribution >= 0.6 is 0 Å². The van der Waals surface area contributed by atoms with E-state index < -0.39 is 6.10 Å². The van der Waals surface area contributed by atoms with E-state index in [1.807, 2.05) is 18.2 Å². The van der Waals surface area contributed by atoms with Crippen molar-refractivity contribution < 1.29 is 14.6 Å².